The quantitative estimate of drug-likeness (QED) is 0.907. The van der Waals surface area contributed by atoms with Crippen molar-refractivity contribution in [3.05, 3.63) is 47.5 Å². The van der Waals surface area contributed by atoms with E-state index in [2.05, 4.69) is 22.6 Å². The molecule has 2 aliphatic rings. The number of amides is 1. The summed E-state index contributed by atoms with van der Waals surface area (Å²) in [6.07, 6.45) is 2.48. The van der Waals surface area contributed by atoms with Gasteiger partial charge in [-0.15, -0.1) is 5.10 Å². The van der Waals surface area contributed by atoms with E-state index in [1.54, 1.807) is 16.9 Å². The standard InChI is InChI=1S/C17H19FN4O2/c1-17(9-24-10-17)8-22-7-15(20-21-22)16(23)19-14-6-13(14)11-3-2-4-12(18)5-11/h2-5,7,13-14H,6,8-10H2,1H3,(H,19,23)/t13-,14+/m0/s1. The van der Waals surface area contributed by atoms with E-state index < -0.39 is 0 Å². The molecule has 2 heterocycles. The zero-order valence-electron chi connectivity index (χ0n) is 13.4. The predicted molar refractivity (Wildman–Crippen MR) is 84.0 cm³/mol. The number of hydrogen-bond donors (Lipinski definition) is 1. The van der Waals surface area contributed by atoms with Crippen molar-refractivity contribution in [1.29, 1.82) is 0 Å². The number of benzene rings is 1. The second-order valence-electron chi connectivity index (χ2n) is 7.08. The lowest BCUT2D eigenvalue weighted by molar-refractivity contribution is -0.111. The molecular formula is C17H19FN4O2. The lowest BCUT2D eigenvalue weighted by atomic mass is 9.89. The number of aromatic nitrogens is 3. The summed E-state index contributed by atoms with van der Waals surface area (Å²) in [4.78, 5) is 12.3. The van der Waals surface area contributed by atoms with Crippen molar-refractivity contribution >= 4 is 5.91 Å². The Morgan fingerprint density at radius 3 is 3.04 bits per heavy atom. The highest BCUT2D eigenvalue weighted by molar-refractivity contribution is 5.92. The third-order valence-corrected chi connectivity index (χ3v) is 4.60. The number of hydrogen-bond acceptors (Lipinski definition) is 4. The molecule has 4 rings (SSSR count). The molecule has 126 valence electrons. The van der Waals surface area contributed by atoms with Crippen LogP contribution in [0.15, 0.2) is 30.5 Å². The van der Waals surface area contributed by atoms with E-state index in [0.29, 0.717) is 25.5 Å². The number of carbonyl (C=O) groups excluding carboxylic acids is 1. The summed E-state index contributed by atoms with van der Waals surface area (Å²) in [5, 5.41) is 10.9. The third-order valence-electron chi connectivity index (χ3n) is 4.60. The summed E-state index contributed by atoms with van der Waals surface area (Å²) in [5.74, 6) is -0.313. The van der Waals surface area contributed by atoms with Gasteiger partial charge in [-0.1, -0.05) is 24.3 Å². The Balaban J connectivity index is 1.35. The Morgan fingerprint density at radius 1 is 1.50 bits per heavy atom. The van der Waals surface area contributed by atoms with Gasteiger partial charge in [-0.05, 0) is 24.1 Å². The van der Waals surface area contributed by atoms with E-state index in [1.165, 1.54) is 12.1 Å². The molecule has 1 saturated carbocycles. The minimum absolute atomic E-state index is 0.0296. The Hall–Kier alpha value is -2.28. The van der Waals surface area contributed by atoms with Gasteiger partial charge < -0.3 is 10.1 Å². The van der Waals surface area contributed by atoms with Gasteiger partial charge in [-0.3, -0.25) is 9.48 Å². The van der Waals surface area contributed by atoms with Gasteiger partial charge in [0.2, 0.25) is 0 Å². The van der Waals surface area contributed by atoms with Crippen LogP contribution in [-0.4, -0.2) is 40.2 Å². The molecule has 0 unspecified atom stereocenters. The molecular weight excluding hydrogens is 311 g/mol. The largest absolute Gasteiger partial charge is 0.380 e. The van der Waals surface area contributed by atoms with Crippen molar-refractivity contribution in [3.63, 3.8) is 0 Å². The second kappa shape index (κ2) is 5.66. The summed E-state index contributed by atoms with van der Waals surface area (Å²) in [7, 11) is 0. The van der Waals surface area contributed by atoms with Crippen molar-refractivity contribution in [3.8, 4) is 0 Å². The molecule has 2 fully saturated rings. The lowest BCUT2D eigenvalue weighted by Crippen LogP contribution is -2.43. The molecule has 7 heteroatoms. The van der Waals surface area contributed by atoms with Gasteiger partial charge in [0, 0.05) is 17.4 Å². The number of rotatable bonds is 5. The Kier molecular flexibility index (Phi) is 3.60. The van der Waals surface area contributed by atoms with Gasteiger partial charge in [0.05, 0.1) is 26.0 Å². The van der Waals surface area contributed by atoms with Crippen LogP contribution in [0.3, 0.4) is 0 Å². The van der Waals surface area contributed by atoms with Crippen LogP contribution in [-0.2, 0) is 11.3 Å². The second-order valence-corrected chi connectivity index (χ2v) is 7.08. The van der Waals surface area contributed by atoms with Gasteiger partial charge >= 0.3 is 0 Å². The minimum atomic E-state index is -0.249. The molecule has 1 saturated heterocycles. The molecule has 0 spiro atoms. The third kappa shape index (κ3) is 3.03. The maximum Gasteiger partial charge on any atom is 0.273 e. The smallest absolute Gasteiger partial charge is 0.273 e. The first-order chi connectivity index (χ1) is 11.5. The average molecular weight is 330 g/mol. The fourth-order valence-corrected chi connectivity index (χ4v) is 3.12. The summed E-state index contributed by atoms with van der Waals surface area (Å²) in [6, 6.07) is 6.55. The summed E-state index contributed by atoms with van der Waals surface area (Å²) in [6.45, 7) is 4.20. The molecule has 1 aliphatic carbocycles. The van der Waals surface area contributed by atoms with Crippen molar-refractivity contribution in [2.24, 2.45) is 5.41 Å². The van der Waals surface area contributed by atoms with Crippen LogP contribution in [0.5, 0.6) is 0 Å². The minimum Gasteiger partial charge on any atom is -0.380 e. The molecule has 1 aliphatic heterocycles. The number of halogens is 1. The normalized spacial score (nSPS) is 24.2. The molecule has 1 amide bonds. The topological polar surface area (TPSA) is 69.0 Å². The van der Waals surface area contributed by atoms with Crippen LogP contribution in [0.25, 0.3) is 0 Å². The van der Waals surface area contributed by atoms with E-state index in [0.717, 1.165) is 12.0 Å². The van der Waals surface area contributed by atoms with Crippen LogP contribution in [0.2, 0.25) is 0 Å². The average Bonchev–Trinajstić information content (AvgIpc) is 3.13. The van der Waals surface area contributed by atoms with Crippen LogP contribution in [0.4, 0.5) is 4.39 Å². The first-order valence-corrected chi connectivity index (χ1v) is 8.07. The zero-order valence-corrected chi connectivity index (χ0v) is 13.4. The SMILES string of the molecule is CC1(Cn2cc(C(=O)N[C@@H]3C[C@H]3c3cccc(F)c3)nn2)COC1. The van der Waals surface area contributed by atoms with E-state index in [1.807, 2.05) is 6.07 Å². The summed E-state index contributed by atoms with van der Waals surface area (Å²) >= 11 is 0. The number of carbonyl (C=O) groups is 1. The number of nitrogens with one attached hydrogen (secondary N) is 1. The van der Waals surface area contributed by atoms with E-state index >= 15 is 0 Å². The highest BCUT2D eigenvalue weighted by atomic mass is 19.1. The lowest BCUT2D eigenvalue weighted by Gasteiger charge is -2.37. The fourth-order valence-electron chi connectivity index (χ4n) is 3.12. The molecule has 24 heavy (non-hydrogen) atoms. The highest BCUT2D eigenvalue weighted by Gasteiger charge is 2.40. The molecule has 0 bridgehead atoms. The molecule has 1 aromatic carbocycles. The molecule has 1 aromatic heterocycles. The molecule has 2 aromatic rings. The first kappa shape index (κ1) is 15.3. The van der Waals surface area contributed by atoms with Gasteiger partial charge in [0.25, 0.3) is 5.91 Å². The first-order valence-electron chi connectivity index (χ1n) is 8.07. The zero-order chi connectivity index (χ0) is 16.7. The van der Waals surface area contributed by atoms with Crippen LogP contribution in [0.1, 0.15) is 35.3 Å². The van der Waals surface area contributed by atoms with Gasteiger partial charge in [-0.25, -0.2) is 4.39 Å². The summed E-state index contributed by atoms with van der Waals surface area (Å²) < 4.78 is 20.2. The maximum absolute atomic E-state index is 13.3. The van der Waals surface area contributed by atoms with Gasteiger partial charge in [0.1, 0.15) is 5.82 Å². The van der Waals surface area contributed by atoms with Crippen LogP contribution >= 0.6 is 0 Å². The molecule has 2 atom stereocenters. The van der Waals surface area contributed by atoms with Crippen molar-refractivity contribution in [1.82, 2.24) is 20.3 Å². The van der Waals surface area contributed by atoms with Gasteiger partial charge in [0.15, 0.2) is 5.69 Å². The van der Waals surface area contributed by atoms with Gasteiger partial charge in [-0.2, -0.15) is 0 Å². The predicted octanol–water partition coefficient (Wildman–Crippen LogP) is 1.74. The Labute approximate surface area is 139 Å². The van der Waals surface area contributed by atoms with Crippen molar-refractivity contribution < 1.29 is 13.9 Å². The monoisotopic (exact) mass is 330 g/mol. The number of ether oxygens (including phenoxy) is 1. The Morgan fingerprint density at radius 2 is 2.33 bits per heavy atom. The van der Waals surface area contributed by atoms with E-state index in [-0.39, 0.29) is 29.1 Å². The highest BCUT2D eigenvalue weighted by Crippen LogP contribution is 2.41. The Bertz CT molecular complexity index is 771. The van der Waals surface area contributed by atoms with Crippen molar-refractivity contribution in [2.75, 3.05) is 13.2 Å². The molecule has 0 radical (unpaired) electrons. The maximum atomic E-state index is 13.3. The van der Waals surface area contributed by atoms with Crippen molar-refractivity contribution in [2.45, 2.75) is 31.8 Å². The van der Waals surface area contributed by atoms with E-state index in [4.69, 9.17) is 4.74 Å². The van der Waals surface area contributed by atoms with E-state index in [9.17, 15) is 9.18 Å². The molecule has 6 nitrogen and oxygen atoms in total. The van der Waals surface area contributed by atoms with Crippen LogP contribution in [0, 0.1) is 11.2 Å². The molecule has 1 N–H and O–H groups in total. The number of nitrogens with zero attached hydrogens (tertiary/aromatic N) is 3. The summed E-state index contributed by atoms with van der Waals surface area (Å²) in [5.41, 5.74) is 1.30. The fraction of sp³-hybridized carbons (Fsp3) is 0.471. The van der Waals surface area contributed by atoms with Crippen LogP contribution < -0.4 is 5.32 Å².